The Hall–Kier alpha value is -2.65. The maximum atomic E-state index is 14.6. The molecule has 152 valence electrons. The van der Waals surface area contributed by atoms with Crippen LogP contribution in [0.25, 0.3) is 0 Å². The predicted molar refractivity (Wildman–Crippen MR) is 105 cm³/mol. The van der Waals surface area contributed by atoms with Gasteiger partial charge >= 0.3 is 5.97 Å². The number of nitrogens with two attached hydrogens (primary N) is 1. The second-order valence-electron chi connectivity index (χ2n) is 7.00. The Labute approximate surface area is 169 Å². The lowest BCUT2D eigenvalue weighted by Crippen LogP contribution is -2.41. The summed E-state index contributed by atoms with van der Waals surface area (Å²) >= 11 is 1.25. The van der Waals surface area contributed by atoms with Crippen LogP contribution in [-0.4, -0.2) is 30.2 Å². The van der Waals surface area contributed by atoms with Crippen molar-refractivity contribution in [3.8, 4) is 0 Å². The maximum Gasteiger partial charge on any atom is 0.309 e. The zero-order valence-electron chi connectivity index (χ0n) is 15.9. The molecule has 0 saturated carbocycles. The third-order valence-electron chi connectivity index (χ3n) is 5.15. The summed E-state index contributed by atoms with van der Waals surface area (Å²) in [6.45, 7) is 3.54. The fraction of sp³-hybridized carbons (Fsp3) is 0.350. The molecular formula is C20H19F2N3O3S. The van der Waals surface area contributed by atoms with E-state index in [0.717, 1.165) is 27.6 Å². The fourth-order valence-corrected chi connectivity index (χ4v) is 5.13. The Balaban J connectivity index is 1.90. The molecular weight excluding hydrogens is 400 g/mol. The number of rotatable bonds is 3. The average molecular weight is 419 g/mol. The molecule has 0 radical (unpaired) electrons. The van der Waals surface area contributed by atoms with E-state index in [2.05, 4.69) is 4.99 Å². The van der Waals surface area contributed by atoms with Crippen LogP contribution in [0.15, 0.2) is 23.2 Å². The van der Waals surface area contributed by atoms with Crippen LogP contribution in [-0.2, 0) is 27.2 Å². The van der Waals surface area contributed by atoms with Gasteiger partial charge < -0.3 is 4.74 Å². The summed E-state index contributed by atoms with van der Waals surface area (Å²) < 4.78 is 34.4. The van der Waals surface area contributed by atoms with Crippen molar-refractivity contribution < 1.29 is 23.1 Å². The summed E-state index contributed by atoms with van der Waals surface area (Å²) in [5.74, 6) is 3.32. The highest BCUT2D eigenvalue weighted by atomic mass is 32.1. The third-order valence-corrected chi connectivity index (χ3v) is 6.40. The summed E-state index contributed by atoms with van der Waals surface area (Å²) in [4.78, 5) is 30.0. The zero-order chi connectivity index (χ0) is 20.9. The van der Waals surface area contributed by atoms with Gasteiger partial charge in [-0.2, -0.15) is 0 Å². The molecule has 1 aliphatic carbocycles. The van der Waals surface area contributed by atoms with Crippen LogP contribution >= 0.6 is 11.3 Å². The van der Waals surface area contributed by atoms with Crippen LogP contribution < -0.4 is 10.9 Å². The lowest BCUT2D eigenvalue weighted by molar-refractivity contribution is -0.147. The molecule has 2 aliphatic rings. The minimum atomic E-state index is -0.911. The largest absolute Gasteiger partial charge is 0.466 e. The minimum absolute atomic E-state index is 0.0476. The van der Waals surface area contributed by atoms with Crippen molar-refractivity contribution in [2.45, 2.75) is 32.7 Å². The molecule has 1 aliphatic heterocycles. The number of fused-ring (bicyclic) bond motifs is 3. The van der Waals surface area contributed by atoms with Crippen LogP contribution in [0, 0.1) is 17.6 Å². The van der Waals surface area contributed by atoms with Gasteiger partial charge in [0.05, 0.1) is 23.8 Å². The average Bonchev–Trinajstić information content (AvgIpc) is 3.21. The zero-order valence-corrected chi connectivity index (χ0v) is 16.7. The number of ether oxygens (including phenoxy) is 1. The number of esters is 1. The molecule has 4 rings (SSSR count). The predicted octanol–water partition coefficient (Wildman–Crippen LogP) is 2.75. The summed E-state index contributed by atoms with van der Waals surface area (Å²) in [6.07, 6.45) is 0.766. The van der Waals surface area contributed by atoms with E-state index in [9.17, 15) is 18.4 Å². The van der Waals surface area contributed by atoms with Gasteiger partial charge in [-0.25, -0.2) is 19.6 Å². The first-order valence-electron chi connectivity index (χ1n) is 9.25. The molecule has 2 N–H and O–H groups in total. The fourth-order valence-electron chi connectivity index (χ4n) is 3.79. The lowest BCUT2D eigenvalue weighted by Gasteiger charge is -2.16. The van der Waals surface area contributed by atoms with E-state index in [4.69, 9.17) is 10.6 Å². The SMILES string of the molecule is CCOC(=O)C1Cc2sc3c(c2C1)C(c1c(F)cccc1F)=N[C@@H](C)C(=O)N3N. The van der Waals surface area contributed by atoms with Crippen molar-refractivity contribution in [1.29, 1.82) is 0 Å². The van der Waals surface area contributed by atoms with Gasteiger partial charge in [-0.1, -0.05) is 6.07 Å². The maximum absolute atomic E-state index is 14.6. The van der Waals surface area contributed by atoms with E-state index in [1.54, 1.807) is 6.92 Å². The lowest BCUT2D eigenvalue weighted by atomic mass is 9.97. The molecule has 29 heavy (non-hydrogen) atoms. The molecule has 1 aromatic heterocycles. The monoisotopic (exact) mass is 419 g/mol. The first-order valence-corrected chi connectivity index (χ1v) is 10.1. The van der Waals surface area contributed by atoms with Gasteiger partial charge in [-0.3, -0.25) is 14.6 Å². The molecule has 0 saturated heterocycles. The smallest absolute Gasteiger partial charge is 0.309 e. The summed E-state index contributed by atoms with van der Waals surface area (Å²) in [5.41, 5.74) is 0.901. The molecule has 1 amide bonds. The number of hydrazine groups is 1. The van der Waals surface area contributed by atoms with Crippen molar-refractivity contribution in [1.82, 2.24) is 0 Å². The number of carbonyl (C=O) groups is 2. The summed E-state index contributed by atoms with van der Waals surface area (Å²) in [7, 11) is 0. The Morgan fingerprint density at radius 2 is 2.00 bits per heavy atom. The van der Waals surface area contributed by atoms with Gasteiger partial charge in [0.1, 0.15) is 22.7 Å². The quantitative estimate of drug-likeness (QED) is 0.471. The van der Waals surface area contributed by atoms with Gasteiger partial charge in [-0.15, -0.1) is 11.3 Å². The second-order valence-corrected chi connectivity index (χ2v) is 8.08. The molecule has 1 aromatic carbocycles. The van der Waals surface area contributed by atoms with Gasteiger partial charge in [0.15, 0.2) is 0 Å². The van der Waals surface area contributed by atoms with Gasteiger partial charge in [0.2, 0.25) is 0 Å². The number of carbonyl (C=O) groups excluding carboxylic acids is 2. The normalized spacial score (nSPS) is 20.8. The standard InChI is InChI=1S/C20H19F2N3O3S/c1-3-28-20(27)10-7-11-14(8-10)29-19-15(11)17(24-9(2)18(26)25(19)23)16-12(21)5-4-6-13(16)22/h4-6,9-10H,3,7-8,23H2,1-2H3/t9-,10?/m0/s1. The van der Waals surface area contributed by atoms with Crippen LogP contribution in [0.3, 0.4) is 0 Å². The number of nitrogens with zero attached hydrogens (tertiary/aromatic N) is 2. The van der Waals surface area contributed by atoms with E-state index >= 15 is 0 Å². The van der Waals surface area contributed by atoms with Crippen LogP contribution in [0.5, 0.6) is 0 Å². The molecule has 2 atom stereocenters. The first kappa shape index (κ1) is 19.7. The number of thiophene rings is 1. The molecule has 1 unspecified atom stereocenters. The van der Waals surface area contributed by atoms with Gasteiger partial charge in [0, 0.05) is 10.4 Å². The van der Waals surface area contributed by atoms with E-state index in [-0.39, 0.29) is 29.8 Å². The van der Waals surface area contributed by atoms with Crippen molar-refractivity contribution in [3.63, 3.8) is 0 Å². The summed E-state index contributed by atoms with van der Waals surface area (Å²) in [6, 6.07) is 2.65. The highest BCUT2D eigenvalue weighted by Crippen LogP contribution is 2.45. The van der Waals surface area contributed by atoms with Crippen LogP contribution in [0.4, 0.5) is 13.8 Å². The van der Waals surface area contributed by atoms with Crippen molar-refractivity contribution in [2.75, 3.05) is 11.6 Å². The molecule has 0 bridgehead atoms. The molecule has 2 aromatic rings. The Kier molecular flexibility index (Phi) is 4.95. The Morgan fingerprint density at radius 3 is 2.66 bits per heavy atom. The topological polar surface area (TPSA) is 85.0 Å². The van der Waals surface area contributed by atoms with E-state index in [1.807, 2.05) is 0 Å². The highest BCUT2D eigenvalue weighted by molar-refractivity contribution is 7.17. The van der Waals surface area contributed by atoms with Crippen molar-refractivity contribution in [3.05, 3.63) is 51.4 Å². The summed E-state index contributed by atoms with van der Waals surface area (Å²) in [5, 5.41) is 1.38. The third kappa shape index (κ3) is 3.14. The Bertz CT molecular complexity index is 1030. The van der Waals surface area contributed by atoms with Crippen molar-refractivity contribution in [2.24, 2.45) is 16.8 Å². The second kappa shape index (κ2) is 7.31. The number of hydrogen-bond donors (Lipinski definition) is 1. The van der Waals surface area contributed by atoms with E-state index in [0.29, 0.717) is 23.4 Å². The highest BCUT2D eigenvalue weighted by Gasteiger charge is 2.40. The Morgan fingerprint density at radius 1 is 1.31 bits per heavy atom. The van der Waals surface area contributed by atoms with Crippen molar-refractivity contribution >= 4 is 33.9 Å². The van der Waals surface area contributed by atoms with Crippen LogP contribution in [0.2, 0.25) is 0 Å². The number of hydrogen-bond acceptors (Lipinski definition) is 6. The van der Waals surface area contributed by atoms with Gasteiger partial charge in [0.25, 0.3) is 5.91 Å². The van der Waals surface area contributed by atoms with E-state index in [1.165, 1.54) is 24.3 Å². The number of aliphatic imine (C=N–C) groups is 1. The number of benzene rings is 1. The molecule has 0 spiro atoms. The minimum Gasteiger partial charge on any atom is -0.466 e. The molecule has 9 heteroatoms. The van der Waals surface area contributed by atoms with Crippen LogP contribution in [0.1, 0.15) is 35.4 Å². The first-order chi connectivity index (χ1) is 13.8. The molecule has 2 heterocycles. The molecule has 6 nitrogen and oxygen atoms in total. The molecule has 0 fully saturated rings. The van der Waals surface area contributed by atoms with E-state index < -0.39 is 23.6 Å². The van der Waals surface area contributed by atoms with Gasteiger partial charge in [-0.05, 0) is 44.4 Å². The number of anilines is 1. The number of halogens is 2. The number of amides is 1.